The molecule has 0 aromatic heterocycles. The molecule has 0 aliphatic carbocycles. The van der Waals surface area contributed by atoms with Gasteiger partial charge >= 0.3 is 0 Å². The van der Waals surface area contributed by atoms with Gasteiger partial charge in [-0.05, 0) is 46.1 Å². The van der Waals surface area contributed by atoms with Crippen LogP contribution in [0.3, 0.4) is 0 Å². The second-order valence-electron chi connectivity index (χ2n) is 6.12. The molecule has 2 heterocycles. The predicted octanol–water partition coefficient (Wildman–Crippen LogP) is 1.49. The first-order valence-electron chi connectivity index (χ1n) is 6.60. The van der Waals surface area contributed by atoms with Crippen LogP contribution in [0.1, 0.15) is 33.1 Å². The van der Waals surface area contributed by atoms with E-state index in [4.69, 9.17) is 4.74 Å². The van der Waals surface area contributed by atoms with E-state index in [1.807, 2.05) is 0 Å². The summed E-state index contributed by atoms with van der Waals surface area (Å²) >= 11 is 0. The standard InChI is InChI=1S/C13H26N2O/c1-13(2)8-12(9-14-13)15(3)10-11-4-6-16-7-5-11/h11-12,14H,4-10H2,1-3H3. The highest BCUT2D eigenvalue weighted by Gasteiger charge is 2.33. The van der Waals surface area contributed by atoms with Crippen molar-refractivity contribution in [3.8, 4) is 0 Å². The highest BCUT2D eigenvalue weighted by molar-refractivity contribution is 4.93. The molecule has 3 nitrogen and oxygen atoms in total. The quantitative estimate of drug-likeness (QED) is 0.789. The van der Waals surface area contributed by atoms with E-state index in [0.29, 0.717) is 5.54 Å². The van der Waals surface area contributed by atoms with Crippen molar-refractivity contribution in [3.63, 3.8) is 0 Å². The molecule has 16 heavy (non-hydrogen) atoms. The number of nitrogens with zero attached hydrogens (tertiary/aromatic N) is 1. The summed E-state index contributed by atoms with van der Waals surface area (Å²) in [7, 11) is 2.28. The fourth-order valence-electron chi connectivity index (χ4n) is 2.92. The topological polar surface area (TPSA) is 24.5 Å². The van der Waals surface area contributed by atoms with Crippen molar-refractivity contribution in [2.24, 2.45) is 5.92 Å². The number of hydrogen-bond acceptors (Lipinski definition) is 3. The van der Waals surface area contributed by atoms with Gasteiger partial charge in [0.1, 0.15) is 0 Å². The zero-order chi connectivity index (χ0) is 11.6. The summed E-state index contributed by atoms with van der Waals surface area (Å²) in [5.41, 5.74) is 0.328. The van der Waals surface area contributed by atoms with Crippen LogP contribution in [0, 0.1) is 5.92 Å². The minimum Gasteiger partial charge on any atom is -0.381 e. The van der Waals surface area contributed by atoms with Crippen molar-refractivity contribution in [2.45, 2.75) is 44.7 Å². The molecule has 0 aromatic carbocycles. The maximum Gasteiger partial charge on any atom is 0.0469 e. The fraction of sp³-hybridized carbons (Fsp3) is 1.00. The maximum atomic E-state index is 5.41. The van der Waals surface area contributed by atoms with E-state index in [1.165, 1.54) is 25.8 Å². The van der Waals surface area contributed by atoms with Gasteiger partial charge in [0.05, 0.1) is 0 Å². The Labute approximate surface area is 99.5 Å². The van der Waals surface area contributed by atoms with Gasteiger partial charge < -0.3 is 15.0 Å². The fourth-order valence-corrected chi connectivity index (χ4v) is 2.92. The molecule has 94 valence electrons. The number of hydrogen-bond donors (Lipinski definition) is 1. The summed E-state index contributed by atoms with van der Waals surface area (Å²) in [5, 5.41) is 3.60. The molecule has 1 atom stereocenters. The van der Waals surface area contributed by atoms with Crippen LogP contribution in [-0.4, -0.2) is 49.8 Å². The summed E-state index contributed by atoms with van der Waals surface area (Å²) in [6.07, 6.45) is 3.76. The van der Waals surface area contributed by atoms with Crippen molar-refractivity contribution in [2.75, 3.05) is 33.4 Å². The van der Waals surface area contributed by atoms with E-state index in [2.05, 4.69) is 31.1 Å². The van der Waals surface area contributed by atoms with Gasteiger partial charge in [0.25, 0.3) is 0 Å². The summed E-state index contributed by atoms with van der Waals surface area (Å²) in [5.74, 6) is 0.850. The minimum atomic E-state index is 0.328. The Kier molecular flexibility index (Phi) is 3.88. The van der Waals surface area contributed by atoms with E-state index in [0.717, 1.165) is 31.7 Å². The molecule has 0 bridgehead atoms. The molecule has 0 saturated carbocycles. The molecular formula is C13H26N2O. The third-order valence-corrected chi connectivity index (χ3v) is 4.07. The van der Waals surface area contributed by atoms with Gasteiger partial charge in [-0.3, -0.25) is 0 Å². The van der Waals surface area contributed by atoms with Crippen molar-refractivity contribution in [1.29, 1.82) is 0 Å². The maximum absolute atomic E-state index is 5.41. The molecule has 0 spiro atoms. The van der Waals surface area contributed by atoms with Gasteiger partial charge in [-0.15, -0.1) is 0 Å². The molecule has 2 saturated heterocycles. The molecule has 0 amide bonds. The Morgan fingerprint density at radius 3 is 2.56 bits per heavy atom. The first-order valence-corrected chi connectivity index (χ1v) is 6.60. The Bertz CT molecular complexity index is 224. The average Bonchev–Trinajstić information content (AvgIpc) is 2.60. The number of rotatable bonds is 3. The third kappa shape index (κ3) is 3.19. The van der Waals surface area contributed by atoms with Crippen LogP contribution >= 0.6 is 0 Å². The summed E-state index contributed by atoms with van der Waals surface area (Å²) in [6, 6.07) is 0.720. The van der Waals surface area contributed by atoms with E-state index in [-0.39, 0.29) is 0 Å². The van der Waals surface area contributed by atoms with Crippen LogP contribution in [0.25, 0.3) is 0 Å². The lowest BCUT2D eigenvalue weighted by Gasteiger charge is -2.31. The molecule has 2 aliphatic rings. The second kappa shape index (κ2) is 5.03. The van der Waals surface area contributed by atoms with Gasteiger partial charge in [-0.1, -0.05) is 0 Å². The lowest BCUT2D eigenvalue weighted by molar-refractivity contribution is 0.0511. The zero-order valence-electron chi connectivity index (χ0n) is 11.0. The van der Waals surface area contributed by atoms with E-state index in [1.54, 1.807) is 0 Å². The Morgan fingerprint density at radius 2 is 2.00 bits per heavy atom. The lowest BCUT2D eigenvalue weighted by Crippen LogP contribution is -2.38. The van der Waals surface area contributed by atoms with Gasteiger partial charge in [-0.2, -0.15) is 0 Å². The molecule has 3 heteroatoms. The summed E-state index contributed by atoms with van der Waals surface area (Å²) < 4.78 is 5.41. The van der Waals surface area contributed by atoms with Crippen LogP contribution in [-0.2, 0) is 4.74 Å². The molecule has 2 aliphatic heterocycles. The van der Waals surface area contributed by atoms with Crippen molar-refractivity contribution < 1.29 is 4.74 Å². The van der Waals surface area contributed by atoms with Crippen molar-refractivity contribution in [3.05, 3.63) is 0 Å². The van der Waals surface area contributed by atoms with Crippen LogP contribution < -0.4 is 5.32 Å². The third-order valence-electron chi connectivity index (χ3n) is 4.07. The van der Waals surface area contributed by atoms with E-state index >= 15 is 0 Å². The molecule has 1 N–H and O–H groups in total. The smallest absolute Gasteiger partial charge is 0.0469 e. The van der Waals surface area contributed by atoms with Crippen LogP contribution in [0.2, 0.25) is 0 Å². The first kappa shape index (κ1) is 12.3. The molecule has 0 aromatic rings. The SMILES string of the molecule is CN(CC1CCOCC1)C1CNC(C)(C)C1. The predicted molar refractivity (Wildman–Crippen MR) is 66.7 cm³/mol. The Morgan fingerprint density at radius 1 is 1.31 bits per heavy atom. The van der Waals surface area contributed by atoms with Gasteiger partial charge in [-0.25, -0.2) is 0 Å². The Hall–Kier alpha value is -0.120. The van der Waals surface area contributed by atoms with Crippen molar-refractivity contribution >= 4 is 0 Å². The van der Waals surface area contributed by atoms with Gasteiger partial charge in [0.15, 0.2) is 0 Å². The molecule has 1 unspecified atom stereocenters. The summed E-state index contributed by atoms with van der Waals surface area (Å²) in [6.45, 7) is 8.92. The number of ether oxygens (including phenoxy) is 1. The largest absolute Gasteiger partial charge is 0.381 e. The highest BCUT2D eigenvalue weighted by Crippen LogP contribution is 2.23. The number of nitrogens with one attached hydrogen (secondary N) is 1. The molecule has 2 rings (SSSR count). The van der Waals surface area contributed by atoms with Crippen LogP contribution in [0.5, 0.6) is 0 Å². The van der Waals surface area contributed by atoms with Crippen molar-refractivity contribution in [1.82, 2.24) is 10.2 Å². The second-order valence-corrected chi connectivity index (χ2v) is 6.12. The summed E-state index contributed by atoms with van der Waals surface area (Å²) in [4.78, 5) is 2.55. The average molecular weight is 226 g/mol. The normalized spacial score (nSPS) is 31.1. The minimum absolute atomic E-state index is 0.328. The van der Waals surface area contributed by atoms with Crippen LogP contribution in [0.4, 0.5) is 0 Å². The zero-order valence-corrected chi connectivity index (χ0v) is 11.0. The van der Waals surface area contributed by atoms with Gasteiger partial charge in [0, 0.05) is 37.9 Å². The van der Waals surface area contributed by atoms with Crippen LogP contribution in [0.15, 0.2) is 0 Å². The van der Waals surface area contributed by atoms with E-state index < -0.39 is 0 Å². The lowest BCUT2D eigenvalue weighted by atomic mass is 9.97. The number of likely N-dealkylation sites (N-methyl/N-ethyl adjacent to an activating group) is 1. The Balaban J connectivity index is 1.77. The monoisotopic (exact) mass is 226 g/mol. The first-order chi connectivity index (χ1) is 7.57. The molecule has 2 fully saturated rings. The molecule has 0 radical (unpaired) electrons. The highest BCUT2D eigenvalue weighted by atomic mass is 16.5. The van der Waals surface area contributed by atoms with E-state index in [9.17, 15) is 0 Å². The van der Waals surface area contributed by atoms with Gasteiger partial charge in [0.2, 0.25) is 0 Å². The molecular weight excluding hydrogens is 200 g/mol.